The van der Waals surface area contributed by atoms with Crippen molar-refractivity contribution < 1.29 is 24.2 Å². The number of carboxylic acids is 1. The lowest BCUT2D eigenvalue weighted by atomic mass is 9.36. The zero-order valence-corrected chi connectivity index (χ0v) is 34.8. The number of carbonyl (C=O) groups is 3. The van der Waals surface area contributed by atoms with E-state index in [9.17, 15) is 14.7 Å². The summed E-state index contributed by atoms with van der Waals surface area (Å²) in [6.07, 6.45) is 20.2. The van der Waals surface area contributed by atoms with Crippen LogP contribution in [0.25, 0.3) is 0 Å². The minimum Gasteiger partial charge on any atom is -0.481 e. The lowest BCUT2D eigenvalue weighted by Crippen LogP contribution is -2.64. The van der Waals surface area contributed by atoms with Crippen LogP contribution >= 0.6 is 0 Å². The third-order valence-corrected chi connectivity index (χ3v) is 19.1. The predicted octanol–water partition coefficient (Wildman–Crippen LogP) is 8.81. The summed E-state index contributed by atoms with van der Waals surface area (Å²) in [6.45, 7) is 17.2. The second-order valence-corrected chi connectivity index (χ2v) is 21.6. The van der Waals surface area contributed by atoms with Crippen LogP contribution in [-0.4, -0.2) is 69.1 Å². The Morgan fingerprint density at radius 2 is 1.58 bits per heavy atom. The summed E-state index contributed by atoms with van der Waals surface area (Å²) in [6, 6.07) is 4.82. The van der Waals surface area contributed by atoms with E-state index in [-0.39, 0.29) is 45.6 Å². The number of aliphatic carboxylic acids is 1. The first-order valence-corrected chi connectivity index (χ1v) is 22.9. The van der Waals surface area contributed by atoms with Crippen LogP contribution in [0.3, 0.4) is 0 Å². The number of rotatable bonds is 8. The van der Waals surface area contributed by atoms with Crippen molar-refractivity contribution in [1.82, 2.24) is 14.4 Å². The number of hydrogen-bond acceptors (Lipinski definition) is 5. The van der Waals surface area contributed by atoms with Gasteiger partial charge in [-0.15, -0.1) is 0 Å². The van der Waals surface area contributed by atoms with Gasteiger partial charge in [-0.2, -0.15) is 0 Å². The van der Waals surface area contributed by atoms with Crippen LogP contribution in [0.2, 0.25) is 0 Å². The summed E-state index contributed by atoms with van der Waals surface area (Å²) in [5.74, 6) is 1.71. The molecule has 2 aliphatic heterocycles. The van der Waals surface area contributed by atoms with Crippen molar-refractivity contribution in [3.8, 4) is 0 Å². The Bertz CT molecular complexity index is 1650. The number of fused-ring (bicyclic) bond motifs is 7. The molecule has 8 heteroatoms. The van der Waals surface area contributed by atoms with Gasteiger partial charge >= 0.3 is 11.9 Å². The molecule has 1 aromatic heterocycles. The van der Waals surface area contributed by atoms with Crippen molar-refractivity contribution in [3.63, 3.8) is 0 Å². The summed E-state index contributed by atoms with van der Waals surface area (Å²) >= 11 is 0. The summed E-state index contributed by atoms with van der Waals surface area (Å²) < 4.78 is 8.84. The summed E-state index contributed by atoms with van der Waals surface area (Å²) in [7, 11) is 0. The number of carbonyl (C=O) groups excluding carboxylic acids is 2. The molecule has 9 rings (SSSR count). The zero-order chi connectivity index (χ0) is 38.5. The second-order valence-electron chi connectivity index (χ2n) is 21.6. The van der Waals surface area contributed by atoms with Crippen LogP contribution in [0.5, 0.6) is 0 Å². The lowest BCUT2D eigenvalue weighted by Gasteiger charge is -2.69. The maximum atomic E-state index is 15.1. The van der Waals surface area contributed by atoms with Crippen LogP contribution in [0.4, 0.5) is 0 Å². The Labute approximate surface area is 330 Å². The molecule has 0 bridgehead atoms. The van der Waals surface area contributed by atoms with E-state index in [1.165, 1.54) is 76.6 Å². The van der Waals surface area contributed by atoms with Gasteiger partial charge in [0.05, 0.1) is 17.3 Å². The molecule has 1 amide bonds. The molecule has 3 heterocycles. The number of hydrogen-bond donors (Lipinski definition) is 1. The fraction of sp³-hybridized carbons (Fsp3) is 0.851. The van der Waals surface area contributed by atoms with Crippen molar-refractivity contribution in [2.75, 3.05) is 19.6 Å². The molecule has 1 aromatic rings. The number of ether oxygens (including phenoxy) is 1. The molecule has 0 aromatic carbocycles. The van der Waals surface area contributed by atoms with E-state index in [0.717, 1.165) is 58.2 Å². The van der Waals surface area contributed by atoms with Gasteiger partial charge in [0.25, 0.3) is 0 Å². The molecule has 6 saturated carbocycles. The van der Waals surface area contributed by atoms with Gasteiger partial charge in [-0.05, 0) is 168 Å². The molecule has 0 spiro atoms. The van der Waals surface area contributed by atoms with E-state index < -0.39 is 11.9 Å². The van der Waals surface area contributed by atoms with Gasteiger partial charge in [-0.25, -0.2) is 0 Å². The van der Waals surface area contributed by atoms with E-state index in [1.807, 2.05) is 6.92 Å². The van der Waals surface area contributed by atoms with E-state index in [2.05, 4.69) is 60.4 Å². The van der Waals surface area contributed by atoms with Crippen molar-refractivity contribution in [2.24, 2.45) is 69.0 Å². The zero-order valence-electron chi connectivity index (χ0n) is 34.8. The van der Waals surface area contributed by atoms with Gasteiger partial charge in [0.15, 0.2) is 0 Å². The fourth-order valence-electron chi connectivity index (χ4n) is 16.2. The normalized spacial score (nSPS) is 44.9. The average Bonchev–Trinajstić information content (AvgIpc) is 3.97. The molecule has 1 N–H and O–H groups in total. The third kappa shape index (κ3) is 5.92. The highest BCUT2D eigenvalue weighted by Gasteiger charge is 2.68. The molecule has 8 fully saturated rings. The summed E-state index contributed by atoms with van der Waals surface area (Å²) in [4.78, 5) is 45.1. The van der Waals surface area contributed by atoms with Crippen molar-refractivity contribution in [2.45, 2.75) is 163 Å². The van der Waals surface area contributed by atoms with Gasteiger partial charge in [0.1, 0.15) is 6.10 Å². The number of likely N-dealkylation sites (tertiary alicyclic amines) is 2. The molecule has 6 aliphatic carbocycles. The van der Waals surface area contributed by atoms with E-state index in [0.29, 0.717) is 48.0 Å². The van der Waals surface area contributed by atoms with Crippen LogP contribution in [0, 0.1) is 69.0 Å². The molecule has 55 heavy (non-hydrogen) atoms. The fourth-order valence-corrected chi connectivity index (χ4v) is 16.2. The molecule has 2 saturated heterocycles. The minimum atomic E-state index is -0.793. The van der Waals surface area contributed by atoms with Crippen LogP contribution < -0.4 is 0 Å². The van der Waals surface area contributed by atoms with E-state index >= 15 is 4.79 Å². The second kappa shape index (κ2) is 13.9. The monoisotopic (exact) mass is 758 g/mol. The van der Waals surface area contributed by atoms with Gasteiger partial charge < -0.3 is 19.3 Å². The standard InChI is InChI=1S/C47H71N3O5/c1-30-34(41(51)52)27-35(30)42(53)55-40-18-21-46(5)38(44(40,2)3)17-20-45(4)36-16-22-47(19-8-13-37(47)33(36)14-15-39(45)46)43(54)50-26-10-12-32(50)29-49-25-9-11-31(49)28-48-23-6-7-24-48/h9,11,25,30,32-40H,6-8,10,12-24,26-29H2,1-5H3,(H,51,52). The van der Waals surface area contributed by atoms with Crippen molar-refractivity contribution >= 4 is 17.8 Å². The SMILES string of the molecule is CC1C(C(=O)O)CC1C(=O)OC1CCC2(C)C(CCC3(C)C4CCC5(C(=O)N6CCCC6Cn6cccc6CN6CCCC6)CCCC5C4CCC32)C1(C)C. The summed E-state index contributed by atoms with van der Waals surface area (Å²) in [5.41, 5.74) is 1.62. The number of aromatic nitrogens is 1. The topological polar surface area (TPSA) is 92.1 Å². The molecule has 0 radical (unpaired) electrons. The summed E-state index contributed by atoms with van der Waals surface area (Å²) in [5, 5.41) is 9.50. The molecule has 304 valence electrons. The first kappa shape index (κ1) is 38.2. The first-order valence-electron chi connectivity index (χ1n) is 22.9. The van der Waals surface area contributed by atoms with Crippen molar-refractivity contribution in [3.05, 3.63) is 24.0 Å². The van der Waals surface area contributed by atoms with Gasteiger partial charge in [-0.3, -0.25) is 19.3 Å². The molecule has 8 aliphatic rings. The average molecular weight is 758 g/mol. The highest BCUT2D eigenvalue weighted by molar-refractivity contribution is 5.84. The van der Waals surface area contributed by atoms with Crippen LogP contribution in [0.1, 0.15) is 143 Å². The van der Waals surface area contributed by atoms with Gasteiger partial charge in [0.2, 0.25) is 5.91 Å². The quantitative estimate of drug-likeness (QED) is 0.267. The number of amides is 1. The Kier molecular flexibility index (Phi) is 9.65. The van der Waals surface area contributed by atoms with Gasteiger partial charge in [-0.1, -0.05) is 41.0 Å². The Morgan fingerprint density at radius 3 is 2.35 bits per heavy atom. The molecule has 8 nitrogen and oxygen atoms in total. The maximum absolute atomic E-state index is 15.1. The predicted molar refractivity (Wildman–Crippen MR) is 213 cm³/mol. The minimum absolute atomic E-state index is 0.113. The maximum Gasteiger partial charge on any atom is 0.309 e. The molecular formula is C47H71N3O5. The van der Waals surface area contributed by atoms with E-state index in [1.54, 1.807) is 0 Å². The largest absolute Gasteiger partial charge is 0.481 e. The Balaban J connectivity index is 0.885. The number of carboxylic acid groups (broad SMARTS) is 1. The number of esters is 1. The van der Waals surface area contributed by atoms with E-state index in [4.69, 9.17) is 4.74 Å². The third-order valence-electron chi connectivity index (χ3n) is 19.1. The Morgan fingerprint density at radius 1 is 0.800 bits per heavy atom. The highest BCUT2D eigenvalue weighted by atomic mass is 16.5. The lowest BCUT2D eigenvalue weighted by molar-refractivity contribution is -0.225. The molecule has 13 atom stereocenters. The van der Waals surface area contributed by atoms with Gasteiger partial charge in [0, 0.05) is 43.0 Å². The smallest absolute Gasteiger partial charge is 0.309 e. The molecule has 13 unspecified atom stereocenters. The highest BCUT2D eigenvalue weighted by Crippen LogP contribution is 2.73. The van der Waals surface area contributed by atoms with Crippen LogP contribution in [-0.2, 0) is 32.2 Å². The first-order chi connectivity index (χ1) is 26.3. The number of nitrogens with zero attached hydrogens (tertiary/aromatic N) is 3. The Hall–Kier alpha value is -2.35. The van der Waals surface area contributed by atoms with Crippen molar-refractivity contribution in [1.29, 1.82) is 0 Å². The van der Waals surface area contributed by atoms with Crippen LogP contribution in [0.15, 0.2) is 18.3 Å². The molecular weight excluding hydrogens is 687 g/mol.